The first-order chi connectivity index (χ1) is 18.8. The smallest absolute Gasteiger partial charge is 0.415 e. The van der Waals surface area contributed by atoms with Crippen LogP contribution in [0.25, 0.3) is 10.9 Å². The van der Waals surface area contributed by atoms with Gasteiger partial charge >= 0.3 is 12.1 Å². The van der Waals surface area contributed by atoms with E-state index in [1.54, 1.807) is 36.4 Å². The maximum atomic E-state index is 13.5. The number of nitrogens with one attached hydrogen (secondary N) is 1. The molecular formula is C30H30ClN3O5. The summed E-state index contributed by atoms with van der Waals surface area (Å²) in [7, 11) is 0. The summed E-state index contributed by atoms with van der Waals surface area (Å²) in [4.78, 5) is 39.8. The molecule has 4 rings (SSSR count). The van der Waals surface area contributed by atoms with Gasteiger partial charge in [-0.05, 0) is 49.7 Å². The number of hydrogen-bond acceptors (Lipinski definition) is 5. The van der Waals surface area contributed by atoms with Gasteiger partial charge in [-0.15, -0.1) is 0 Å². The van der Waals surface area contributed by atoms with Crippen molar-refractivity contribution < 1.29 is 23.9 Å². The number of ether oxygens (including phenoxy) is 2. The topological polar surface area (TPSA) is 89.9 Å². The predicted molar refractivity (Wildman–Crippen MR) is 151 cm³/mol. The van der Waals surface area contributed by atoms with Gasteiger partial charge in [-0.3, -0.25) is 9.59 Å². The van der Waals surface area contributed by atoms with Crippen molar-refractivity contribution in [3.8, 4) is 5.75 Å². The number of anilines is 1. The monoisotopic (exact) mass is 547 g/mol. The van der Waals surface area contributed by atoms with Gasteiger partial charge in [0.2, 0.25) is 6.10 Å². The molecule has 2 amide bonds. The lowest BCUT2D eigenvalue weighted by Crippen LogP contribution is -2.33. The number of nitrogens with zero attached hydrogens (tertiary/aromatic N) is 2. The zero-order chi connectivity index (χ0) is 27.9. The summed E-state index contributed by atoms with van der Waals surface area (Å²) in [6.07, 6.45) is 0.169. The van der Waals surface area contributed by atoms with Crippen molar-refractivity contribution in [1.29, 1.82) is 0 Å². The number of aromatic nitrogens is 1. The Morgan fingerprint density at radius 3 is 2.28 bits per heavy atom. The normalized spacial score (nSPS) is 11.6. The molecule has 0 unspecified atom stereocenters. The number of hydrogen-bond donors (Lipinski definition) is 1. The number of esters is 1. The van der Waals surface area contributed by atoms with E-state index in [0.717, 1.165) is 11.1 Å². The molecule has 0 fully saturated rings. The number of rotatable bonds is 9. The van der Waals surface area contributed by atoms with Crippen molar-refractivity contribution >= 4 is 46.2 Å². The molecule has 0 aliphatic heterocycles. The first-order valence-electron chi connectivity index (χ1n) is 12.7. The molecule has 0 aliphatic carbocycles. The van der Waals surface area contributed by atoms with Crippen LogP contribution in [0.5, 0.6) is 5.75 Å². The first kappa shape index (κ1) is 27.7. The highest BCUT2D eigenvalue weighted by Crippen LogP contribution is 2.36. The van der Waals surface area contributed by atoms with Crippen molar-refractivity contribution in [1.82, 2.24) is 9.47 Å². The van der Waals surface area contributed by atoms with E-state index >= 15 is 0 Å². The largest absolute Gasteiger partial charge is 0.447 e. The second kappa shape index (κ2) is 12.5. The molecule has 0 aliphatic rings. The highest BCUT2D eigenvalue weighted by Gasteiger charge is 2.27. The van der Waals surface area contributed by atoms with Crippen LogP contribution < -0.4 is 10.1 Å². The number of fused-ring (bicyclic) bond motifs is 1. The summed E-state index contributed by atoms with van der Waals surface area (Å²) < 4.78 is 13.2. The lowest BCUT2D eigenvalue weighted by molar-refractivity contribution is -0.152. The van der Waals surface area contributed by atoms with E-state index in [0.29, 0.717) is 41.3 Å². The maximum absolute atomic E-state index is 13.5. The van der Waals surface area contributed by atoms with Gasteiger partial charge in [-0.2, -0.15) is 0 Å². The third kappa shape index (κ3) is 6.59. The van der Waals surface area contributed by atoms with Gasteiger partial charge in [0.05, 0.1) is 11.2 Å². The van der Waals surface area contributed by atoms with Crippen LogP contribution in [0.1, 0.15) is 38.0 Å². The fourth-order valence-electron chi connectivity index (χ4n) is 4.29. The number of benzene rings is 3. The Bertz CT molecular complexity index is 1460. The molecule has 0 radical (unpaired) electrons. The highest BCUT2D eigenvalue weighted by atomic mass is 35.5. The summed E-state index contributed by atoms with van der Waals surface area (Å²) in [5.74, 6) is -0.986. The summed E-state index contributed by atoms with van der Waals surface area (Å²) in [6, 6.07) is 21.6. The zero-order valence-corrected chi connectivity index (χ0v) is 22.8. The molecule has 0 saturated heterocycles. The van der Waals surface area contributed by atoms with E-state index in [9.17, 15) is 14.4 Å². The molecule has 0 spiro atoms. The van der Waals surface area contributed by atoms with Crippen LogP contribution in [0.4, 0.5) is 10.5 Å². The fraction of sp³-hybridized carbons (Fsp3) is 0.233. The van der Waals surface area contributed by atoms with Crippen molar-refractivity contribution in [2.75, 3.05) is 18.4 Å². The third-order valence-corrected chi connectivity index (χ3v) is 6.52. The van der Waals surface area contributed by atoms with E-state index in [1.165, 1.54) is 11.8 Å². The molecule has 1 atom stereocenters. The van der Waals surface area contributed by atoms with Gasteiger partial charge in [0.25, 0.3) is 5.91 Å². The molecule has 1 aromatic heterocycles. The van der Waals surface area contributed by atoms with Crippen LogP contribution in [0.3, 0.4) is 0 Å². The van der Waals surface area contributed by atoms with Crippen LogP contribution in [0, 0.1) is 0 Å². The highest BCUT2D eigenvalue weighted by molar-refractivity contribution is 6.30. The van der Waals surface area contributed by atoms with Gasteiger partial charge < -0.3 is 24.3 Å². The van der Waals surface area contributed by atoms with Crippen molar-refractivity contribution in [2.45, 2.75) is 33.4 Å². The van der Waals surface area contributed by atoms with Crippen LogP contribution >= 0.6 is 11.6 Å². The Kier molecular flexibility index (Phi) is 8.88. The molecule has 9 heteroatoms. The van der Waals surface area contributed by atoms with Gasteiger partial charge in [0.15, 0.2) is 5.75 Å². The van der Waals surface area contributed by atoms with Gasteiger partial charge in [0.1, 0.15) is 0 Å². The van der Waals surface area contributed by atoms with E-state index < -0.39 is 24.1 Å². The van der Waals surface area contributed by atoms with Crippen LogP contribution in [-0.4, -0.2) is 40.5 Å². The third-order valence-electron chi connectivity index (χ3n) is 6.27. The minimum atomic E-state index is -1.19. The minimum absolute atomic E-state index is 0.187. The average molecular weight is 548 g/mol. The maximum Gasteiger partial charge on any atom is 0.415 e. The van der Waals surface area contributed by atoms with E-state index in [2.05, 4.69) is 5.32 Å². The molecule has 0 saturated carbocycles. The summed E-state index contributed by atoms with van der Waals surface area (Å²) in [6.45, 7) is 6.47. The SMILES string of the molecule is CCN(CC)C(=O)Oc1ccc2c(ccn2Cc2ccc(Cl)cc2)c1NC(=O)[C@@H](OC(C)=O)c1ccccc1. The van der Waals surface area contributed by atoms with Gasteiger partial charge in [-0.1, -0.05) is 54.1 Å². The number of carbonyl (C=O) groups is 3. The van der Waals surface area contributed by atoms with Crippen molar-refractivity contribution in [2.24, 2.45) is 0 Å². The summed E-state index contributed by atoms with van der Waals surface area (Å²) in [5.41, 5.74) is 2.67. The lowest BCUT2D eigenvalue weighted by atomic mass is 10.1. The molecule has 39 heavy (non-hydrogen) atoms. The molecule has 1 heterocycles. The predicted octanol–water partition coefficient (Wildman–Crippen LogP) is 6.43. The van der Waals surface area contributed by atoms with Crippen LogP contribution in [0.15, 0.2) is 79.0 Å². The van der Waals surface area contributed by atoms with Gasteiger partial charge in [0, 0.05) is 48.7 Å². The summed E-state index contributed by atoms with van der Waals surface area (Å²) >= 11 is 6.04. The Balaban J connectivity index is 1.74. The average Bonchev–Trinajstić information content (AvgIpc) is 3.33. The fourth-order valence-corrected chi connectivity index (χ4v) is 4.41. The Labute approximate surface area is 232 Å². The quantitative estimate of drug-likeness (QED) is 0.244. The standard InChI is InChI=1S/C30H30ClN3O5/c1-4-33(5-2)30(37)39-26-16-15-25-24(17-18-34(25)19-21-11-13-23(31)14-12-21)27(26)32-29(36)28(38-20(3)35)22-9-7-6-8-10-22/h6-18,28H,4-5,19H2,1-3H3,(H,32,36)/t28-/m0/s1. The van der Waals surface area contributed by atoms with Crippen molar-refractivity contribution in [3.63, 3.8) is 0 Å². The molecule has 202 valence electrons. The first-order valence-corrected chi connectivity index (χ1v) is 13.0. The lowest BCUT2D eigenvalue weighted by Gasteiger charge is -2.21. The van der Waals surface area contributed by atoms with E-state index in [4.69, 9.17) is 21.1 Å². The molecule has 0 bridgehead atoms. The Hall–Kier alpha value is -4.30. The number of amides is 2. The number of carbonyl (C=O) groups excluding carboxylic acids is 3. The molecule has 1 N–H and O–H groups in total. The Morgan fingerprint density at radius 2 is 1.64 bits per heavy atom. The second-order valence-electron chi connectivity index (χ2n) is 8.87. The second-order valence-corrected chi connectivity index (χ2v) is 9.31. The molecule has 8 nitrogen and oxygen atoms in total. The molecule has 4 aromatic rings. The van der Waals surface area contributed by atoms with Crippen LogP contribution in [0.2, 0.25) is 5.02 Å². The molecular weight excluding hydrogens is 518 g/mol. The van der Waals surface area contributed by atoms with E-state index in [-0.39, 0.29) is 5.75 Å². The minimum Gasteiger partial charge on any atom is -0.447 e. The number of halogens is 1. The van der Waals surface area contributed by atoms with E-state index in [1.807, 2.05) is 61.0 Å². The van der Waals surface area contributed by atoms with Crippen LogP contribution in [-0.2, 0) is 20.9 Å². The zero-order valence-electron chi connectivity index (χ0n) is 22.0. The summed E-state index contributed by atoms with van der Waals surface area (Å²) in [5, 5.41) is 4.20. The van der Waals surface area contributed by atoms with Crippen molar-refractivity contribution in [3.05, 3.63) is 95.1 Å². The Morgan fingerprint density at radius 1 is 0.949 bits per heavy atom. The molecule has 3 aromatic carbocycles. The van der Waals surface area contributed by atoms with Gasteiger partial charge in [-0.25, -0.2) is 4.79 Å².